The zero-order valence-electron chi connectivity index (χ0n) is 30.0. The van der Waals surface area contributed by atoms with E-state index >= 15 is 0 Å². The average Bonchev–Trinajstić information content (AvgIpc) is 3.46. The second-order valence-electron chi connectivity index (χ2n) is 12.9. The van der Waals surface area contributed by atoms with Gasteiger partial charge in [-0.05, 0) is 45.9 Å². The zero-order chi connectivity index (χ0) is 35.0. The molecule has 0 aliphatic heterocycles. The van der Waals surface area contributed by atoms with E-state index < -0.39 is 14.9 Å². The molecule has 4 aromatic carbocycles. The van der Waals surface area contributed by atoms with Gasteiger partial charge in [-0.25, -0.2) is 4.39 Å². The molecular weight excluding hydrogens is 776 g/mol. The van der Waals surface area contributed by atoms with E-state index in [-0.39, 0.29) is 31.3 Å². The van der Waals surface area contributed by atoms with Crippen LogP contribution in [0.5, 0.6) is 0 Å². The fourth-order valence-corrected chi connectivity index (χ4v) is 6.62. The average molecular weight is 816 g/mol. The van der Waals surface area contributed by atoms with Gasteiger partial charge in [-0.3, -0.25) is 0 Å². The van der Waals surface area contributed by atoms with Crippen LogP contribution in [0.25, 0.3) is 44.5 Å². The van der Waals surface area contributed by atoms with E-state index in [1.165, 1.54) is 40.7 Å². The summed E-state index contributed by atoms with van der Waals surface area (Å²) in [6, 6.07) is 38.4. The van der Waals surface area contributed by atoms with Crippen molar-refractivity contribution in [3.63, 3.8) is 0 Å². The second-order valence-corrected chi connectivity index (χ2v) is 18.0. The summed E-state index contributed by atoms with van der Waals surface area (Å²) in [5, 5.41) is 3.36. The predicted molar refractivity (Wildman–Crippen MR) is 191 cm³/mol. The van der Waals surface area contributed by atoms with Crippen molar-refractivity contribution in [2.75, 3.05) is 0 Å². The molecule has 6 heteroatoms. The van der Waals surface area contributed by atoms with Crippen molar-refractivity contribution in [3.8, 4) is 22.5 Å². The maximum atomic E-state index is 13.7. The van der Waals surface area contributed by atoms with Gasteiger partial charge in [0, 0.05) is 47.4 Å². The van der Waals surface area contributed by atoms with Gasteiger partial charge in [0.15, 0.2) is 0 Å². The summed E-state index contributed by atoms with van der Waals surface area (Å²) in [5.74, 6) is -0.313. The van der Waals surface area contributed by atoms with E-state index in [2.05, 4.69) is 92.0 Å². The number of fused-ring (bicyclic) bond motifs is 3. The summed E-state index contributed by atoms with van der Waals surface area (Å²) in [7, 11) is -1.34. The fraction of sp³-hybridized carbons (Fsp3) is 0.171. The summed E-state index contributed by atoms with van der Waals surface area (Å²) in [4.78, 5) is 8.77. The Labute approximate surface area is 295 Å². The van der Waals surface area contributed by atoms with E-state index in [0.717, 1.165) is 38.8 Å². The Bertz CT molecular complexity index is 2170. The maximum Gasteiger partial charge on any atom is 0.121 e. The molecule has 0 amide bonds. The minimum Gasteiger partial charge on any atom is -0.500 e. The summed E-state index contributed by atoms with van der Waals surface area (Å²) < 4.78 is 41.8. The first-order valence-electron chi connectivity index (χ1n) is 16.8. The topological polar surface area (TPSA) is 38.9 Å². The van der Waals surface area contributed by atoms with Crippen molar-refractivity contribution in [3.05, 3.63) is 150 Å². The van der Waals surface area contributed by atoms with Crippen LogP contribution in [0.4, 0.5) is 4.39 Å². The Balaban J connectivity index is 0.000000204. The van der Waals surface area contributed by atoms with Crippen LogP contribution in [-0.4, -0.2) is 18.0 Å². The number of furan rings is 1. The molecule has 0 saturated heterocycles. The summed E-state index contributed by atoms with van der Waals surface area (Å²) in [6.45, 7) is 9.20. The molecule has 0 aliphatic carbocycles. The molecule has 0 fully saturated rings. The molecule has 0 unspecified atom stereocenters. The molecule has 0 bridgehead atoms. The predicted octanol–water partition coefficient (Wildman–Crippen LogP) is 10.3. The van der Waals surface area contributed by atoms with Crippen LogP contribution in [0.15, 0.2) is 120 Å². The molecular formula is C41H37FIrN2OSi-2. The number of hydrogen-bond donors (Lipinski definition) is 0. The van der Waals surface area contributed by atoms with Crippen molar-refractivity contribution in [1.29, 1.82) is 0 Å². The maximum absolute atomic E-state index is 13.7. The minimum absolute atomic E-state index is 0. The molecule has 0 saturated carbocycles. The SMILES string of the molecule is CC(C)(c1ccccc1)c1cccc2oc3c[c-]c(-c4cc(F)ccn4)cc3c12.[2H]C([2H])([2H])c1c[c-]c(-c2ccc([Si](C)(C)C)cn2)cc1.[Ir]. The van der Waals surface area contributed by atoms with E-state index in [4.69, 9.17) is 8.53 Å². The van der Waals surface area contributed by atoms with Crippen molar-refractivity contribution in [2.45, 2.75) is 45.8 Å². The van der Waals surface area contributed by atoms with E-state index in [0.29, 0.717) is 11.3 Å². The molecule has 3 heterocycles. The van der Waals surface area contributed by atoms with Crippen molar-refractivity contribution in [2.24, 2.45) is 0 Å². The van der Waals surface area contributed by atoms with Crippen LogP contribution < -0.4 is 5.19 Å². The van der Waals surface area contributed by atoms with Gasteiger partial charge in [-0.15, -0.1) is 59.2 Å². The smallest absolute Gasteiger partial charge is 0.121 e. The molecule has 1 radical (unpaired) electrons. The number of hydrogen-bond acceptors (Lipinski definition) is 3. The third-order valence-electron chi connectivity index (χ3n) is 8.31. The summed E-state index contributed by atoms with van der Waals surface area (Å²) in [5.41, 5.74) is 7.04. The molecule has 7 aromatic rings. The van der Waals surface area contributed by atoms with Gasteiger partial charge >= 0.3 is 0 Å². The quantitative estimate of drug-likeness (QED) is 0.128. The monoisotopic (exact) mass is 816 g/mol. The number of pyridine rings is 2. The Morgan fingerprint density at radius 1 is 0.787 bits per heavy atom. The molecule has 0 atom stereocenters. The first-order valence-corrected chi connectivity index (χ1v) is 18.8. The Kier molecular flexibility index (Phi) is 8.89. The van der Waals surface area contributed by atoms with Crippen LogP contribution in [0.3, 0.4) is 0 Å². The van der Waals surface area contributed by atoms with E-state index in [1.54, 1.807) is 12.1 Å². The van der Waals surface area contributed by atoms with Crippen LogP contribution in [0, 0.1) is 24.8 Å². The zero-order valence-corrected chi connectivity index (χ0v) is 30.4. The molecule has 0 spiro atoms. The molecule has 0 N–H and O–H groups in total. The van der Waals surface area contributed by atoms with Crippen LogP contribution in [-0.2, 0) is 25.5 Å². The molecule has 0 aliphatic rings. The largest absolute Gasteiger partial charge is 0.500 e. The van der Waals surface area contributed by atoms with Crippen molar-refractivity contribution in [1.82, 2.24) is 9.97 Å². The molecule has 239 valence electrons. The van der Waals surface area contributed by atoms with Gasteiger partial charge in [0.2, 0.25) is 0 Å². The van der Waals surface area contributed by atoms with Gasteiger partial charge in [0.25, 0.3) is 0 Å². The van der Waals surface area contributed by atoms with E-state index in [9.17, 15) is 4.39 Å². The number of aryl methyl sites for hydroxylation is 1. The number of benzene rings is 4. The van der Waals surface area contributed by atoms with Gasteiger partial charge in [-0.1, -0.05) is 100 Å². The molecule has 47 heavy (non-hydrogen) atoms. The van der Waals surface area contributed by atoms with Gasteiger partial charge < -0.3 is 14.4 Å². The molecule has 3 nitrogen and oxygen atoms in total. The van der Waals surface area contributed by atoms with Gasteiger partial charge in [-0.2, -0.15) is 0 Å². The standard InChI is InChI=1S/C26H19FNO.C15H18NSi.Ir/c1-26(2,18-7-4-3-5-8-18)21-9-6-10-24-25(21)20-15-17(11-12-23(20)29-24)22-16-19(27)13-14-28-22;1-12-5-7-13(8-6-12)15-10-9-14(11-16-15)17(2,3)4;/h3-10,12-16H,1-2H3;5-7,9-11H,1-4H3;/q2*-1;/i;1D3;. The van der Waals surface area contributed by atoms with Gasteiger partial charge in [0.1, 0.15) is 11.4 Å². The van der Waals surface area contributed by atoms with Crippen LogP contribution in [0.2, 0.25) is 19.6 Å². The summed E-state index contributed by atoms with van der Waals surface area (Å²) >= 11 is 0. The van der Waals surface area contributed by atoms with E-state index in [1.807, 2.05) is 42.6 Å². The number of aromatic nitrogens is 2. The third-order valence-corrected chi connectivity index (χ3v) is 10.3. The van der Waals surface area contributed by atoms with Crippen molar-refractivity contribution < 1.29 is 33.0 Å². The third kappa shape index (κ3) is 7.36. The number of halogens is 1. The Morgan fingerprint density at radius 3 is 2.23 bits per heavy atom. The van der Waals surface area contributed by atoms with Gasteiger partial charge in [0.05, 0.1) is 13.7 Å². The summed E-state index contributed by atoms with van der Waals surface area (Å²) in [6.07, 6.45) is 3.40. The Hall–Kier alpha value is -4.22. The molecule has 3 aromatic heterocycles. The first kappa shape index (κ1) is 30.1. The molecule has 7 rings (SSSR count). The fourth-order valence-electron chi connectivity index (χ4n) is 5.58. The number of nitrogens with zero attached hydrogens (tertiary/aromatic N) is 2. The first-order chi connectivity index (χ1) is 23.2. The number of rotatable bonds is 5. The second kappa shape index (κ2) is 13.9. The van der Waals surface area contributed by atoms with Crippen molar-refractivity contribution >= 4 is 35.2 Å². The van der Waals surface area contributed by atoms with Crippen LogP contribution >= 0.6 is 0 Å². The Morgan fingerprint density at radius 2 is 1.57 bits per heavy atom. The normalized spacial score (nSPS) is 12.8. The minimum atomic E-state index is -2.08. The van der Waals surface area contributed by atoms with Crippen LogP contribution in [0.1, 0.15) is 34.7 Å².